The maximum atomic E-state index is 12.5. The van der Waals surface area contributed by atoms with E-state index in [-0.39, 0.29) is 11.9 Å². The molecule has 2 atom stereocenters. The van der Waals surface area contributed by atoms with Crippen molar-refractivity contribution in [2.24, 2.45) is 0 Å². The van der Waals surface area contributed by atoms with E-state index in [2.05, 4.69) is 31.3 Å². The Bertz CT molecular complexity index is 916. The fourth-order valence-corrected chi connectivity index (χ4v) is 3.26. The minimum atomic E-state index is -0.653. The van der Waals surface area contributed by atoms with Gasteiger partial charge in [0.2, 0.25) is 0 Å². The maximum absolute atomic E-state index is 12.5. The Morgan fingerprint density at radius 2 is 1.96 bits per heavy atom. The minimum absolute atomic E-state index is 0.165. The van der Waals surface area contributed by atoms with E-state index in [1.54, 1.807) is 36.1 Å². The summed E-state index contributed by atoms with van der Waals surface area (Å²) in [5, 5.41) is 7.65. The standard InChI is InChI=1S/C19H18BrClN4O2/c1-12(14-3-6-16(7-4-14)25-11-22-10-23-25)24-19(26)13(2)27-18-8-5-15(21)9-17(18)20/h3-13H,1-2H3,(H,24,26)/t12-,13+/m1/s1. The molecule has 3 rings (SSSR count). The molecule has 0 fully saturated rings. The molecule has 0 saturated carbocycles. The number of halogens is 2. The number of nitrogens with one attached hydrogen (secondary N) is 1. The quantitative estimate of drug-likeness (QED) is 0.608. The minimum Gasteiger partial charge on any atom is -0.480 e. The van der Waals surface area contributed by atoms with Gasteiger partial charge in [-0.2, -0.15) is 5.10 Å². The van der Waals surface area contributed by atoms with Crippen LogP contribution in [0.5, 0.6) is 5.75 Å². The topological polar surface area (TPSA) is 69.0 Å². The lowest BCUT2D eigenvalue weighted by atomic mass is 10.1. The summed E-state index contributed by atoms with van der Waals surface area (Å²) < 4.78 is 8.10. The highest BCUT2D eigenvalue weighted by Gasteiger charge is 2.19. The van der Waals surface area contributed by atoms with Crippen LogP contribution in [0.25, 0.3) is 5.69 Å². The number of benzene rings is 2. The lowest BCUT2D eigenvalue weighted by Gasteiger charge is -2.20. The van der Waals surface area contributed by atoms with Crippen molar-refractivity contribution >= 4 is 33.4 Å². The number of aromatic nitrogens is 3. The molecule has 1 heterocycles. The van der Waals surface area contributed by atoms with Gasteiger partial charge in [-0.3, -0.25) is 4.79 Å². The van der Waals surface area contributed by atoms with Gasteiger partial charge in [0, 0.05) is 5.02 Å². The first-order chi connectivity index (χ1) is 12.9. The van der Waals surface area contributed by atoms with Gasteiger partial charge < -0.3 is 10.1 Å². The van der Waals surface area contributed by atoms with Crippen LogP contribution in [0.1, 0.15) is 25.5 Å². The van der Waals surface area contributed by atoms with E-state index >= 15 is 0 Å². The molecule has 0 bridgehead atoms. The van der Waals surface area contributed by atoms with Crippen molar-refractivity contribution in [1.82, 2.24) is 20.1 Å². The summed E-state index contributed by atoms with van der Waals surface area (Å²) in [5.41, 5.74) is 1.88. The maximum Gasteiger partial charge on any atom is 0.261 e. The molecule has 1 amide bonds. The fraction of sp³-hybridized carbons (Fsp3) is 0.211. The van der Waals surface area contributed by atoms with Gasteiger partial charge in [0.1, 0.15) is 18.4 Å². The molecule has 3 aromatic rings. The Hall–Kier alpha value is -2.38. The fourth-order valence-electron chi connectivity index (χ4n) is 2.49. The molecule has 140 valence electrons. The van der Waals surface area contributed by atoms with Crippen LogP contribution >= 0.6 is 27.5 Å². The van der Waals surface area contributed by atoms with E-state index in [0.29, 0.717) is 15.2 Å². The number of nitrogens with zero attached hydrogens (tertiary/aromatic N) is 3. The third-order valence-electron chi connectivity index (χ3n) is 4.00. The van der Waals surface area contributed by atoms with Gasteiger partial charge >= 0.3 is 0 Å². The molecule has 0 saturated heterocycles. The van der Waals surface area contributed by atoms with Crippen molar-refractivity contribution in [1.29, 1.82) is 0 Å². The Morgan fingerprint density at radius 1 is 1.22 bits per heavy atom. The molecule has 27 heavy (non-hydrogen) atoms. The second-order valence-corrected chi connectivity index (χ2v) is 7.29. The average molecular weight is 450 g/mol. The van der Waals surface area contributed by atoms with Crippen LogP contribution in [0.4, 0.5) is 0 Å². The normalized spacial score (nSPS) is 13.0. The molecule has 0 unspecified atom stereocenters. The summed E-state index contributed by atoms with van der Waals surface area (Å²) in [6, 6.07) is 12.7. The van der Waals surface area contributed by atoms with Crippen molar-refractivity contribution in [2.75, 3.05) is 0 Å². The molecule has 2 aromatic carbocycles. The van der Waals surface area contributed by atoms with E-state index in [1.807, 2.05) is 31.2 Å². The van der Waals surface area contributed by atoms with Crippen LogP contribution in [0.2, 0.25) is 5.02 Å². The third kappa shape index (κ3) is 4.87. The molecular weight excluding hydrogens is 432 g/mol. The summed E-state index contributed by atoms with van der Waals surface area (Å²) in [6.07, 6.45) is 2.46. The number of hydrogen-bond donors (Lipinski definition) is 1. The average Bonchev–Trinajstić information content (AvgIpc) is 3.18. The molecule has 0 aliphatic rings. The summed E-state index contributed by atoms with van der Waals surface area (Å²) in [6.45, 7) is 3.63. The highest BCUT2D eigenvalue weighted by atomic mass is 79.9. The highest BCUT2D eigenvalue weighted by Crippen LogP contribution is 2.28. The van der Waals surface area contributed by atoms with E-state index in [9.17, 15) is 4.79 Å². The molecule has 0 spiro atoms. The summed E-state index contributed by atoms with van der Waals surface area (Å²) in [7, 11) is 0. The number of amides is 1. The molecule has 0 aliphatic carbocycles. The van der Waals surface area contributed by atoms with Crippen LogP contribution < -0.4 is 10.1 Å². The Morgan fingerprint density at radius 3 is 2.59 bits per heavy atom. The number of carbonyl (C=O) groups excluding carboxylic acids is 1. The van der Waals surface area contributed by atoms with Crippen LogP contribution in [0.3, 0.4) is 0 Å². The predicted octanol–water partition coefficient (Wildman–Crippen LogP) is 4.33. The van der Waals surface area contributed by atoms with E-state index in [4.69, 9.17) is 16.3 Å². The van der Waals surface area contributed by atoms with E-state index < -0.39 is 6.10 Å². The lowest BCUT2D eigenvalue weighted by molar-refractivity contribution is -0.127. The first-order valence-electron chi connectivity index (χ1n) is 8.31. The zero-order chi connectivity index (χ0) is 19.4. The summed E-state index contributed by atoms with van der Waals surface area (Å²) in [4.78, 5) is 16.4. The highest BCUT2D eigenvalue weighted by molar-refractivity contribution is 9.10. The van der Waals surface area contributed by atoms with Crippen LogP contribution in [-0.2, 0) is 4.79 Å². The van der Waals surface area contributed by atoms with Crippen molar-refractivity contribution in [3.63, 3.8) is 0 Å². The Labute approximate surface area is 170 Å². The molecule has 0 radical (unpaired) electrons. The van der Waals surface area contributed by atoms with Crippen molar-refractivity contribution in [3.05, 3.63) is 70.2 Å². The van der Waals surface area contributed by atoms with Gasteiger partial charge in [-0.1, -0.05) is 23.7 Å². The number of hydrogen-bond acceptors (Lipinski definition) is 4. The second-order valence-electron chi connectivity index (χ2n) is 6.00. The first kappa shape index (κ1) is 19.4. The lowest BCUT2D eigenvalue weighted by Crippen LogP contribution is -2.37. The zero-order valence-corrected chi connectivity index (χ0v) is 17.1. The van der Waals surface area contributed by atoms with Gasteiger partial charge in [-0.15, -0.1) is 0 Å². The third-order valence-corrected chi connectivity index (χ3v) is 4.86. The Balaban J connectivity index is 1.61. The van der Waals surface area contributed by atoms with E-state index in [0.717, 1.165) is 11.3 Å². The molecule has 0 aliphatic heterocycles. The van der Waals surface area contributed by atoms with Crippen molar-refractivity contribution in [3.8, 4) is 11.4 Å². The number of rotatable bonds is 6. The number of carbonyl (C=O) groups is 1. The van der Waals surface area contributed by atoms with Crippen molar-refractivity contribution in [2.45, 2.75) is 26.0 Å². The molecule has 1 aromatic heterocycles. The van der Waals surface area contributed by atoms with Crippen LogP contribution in [0.15, 0.2) is 59.6 Å². The predicted molar refractivity (Wildman–Crippen MR) is 107 cm³/mol. The largest absolute Gasteiger partial charge is 0.480 e. The van der Waals surface area contributed by atoms with Gasteiger partial charge in [0.15, 0.2) is 6.10 Å². The summed E-state index contributed by atoms with van der Waals surface area (Å²) in [5.74, 6) is 0.358. The number of ether oxygens (including phenoxy) is 1. The van der Waals surface area contributed by atoms with E-state index in [1.165, 1.54) is 6.33 Å². The van der Waals surface area contributed by atoms with Gasteiger partial charge in [0.05, 0.1) is 16.2 Å². The smallest absolute Gasteiger partial charge is 0.261 e. The molecule has 6 nitrogen and oxygen atoms in total. The van der Waals surface area contributed by atoms with Crippen LogP contribution in [0, 0.1) is 0 Å². The second kappa shape index (κ2) is 8.54. The SMILES string of the molecule is C[C@H](Oc1ccc(Cl)cc1Br)C(=O)N[C@H](C)c1ccc(-n2cncn2)cc1. The van der Waals surface area contributed by atoms with Gasteiger partial charge in [-0.05, 0) is 65.7 Å². The van der Waals surface area contributed by atoms with Gasteiger partial charge in [0.25, 0.3) is 5.91 Å². The Kier molecular flexibility index (Phi) is 6.13. The zero-order valence-electron chi connectivity index (χ0n) is 14.8. The first-order valence-corrected chi connectivity index (χ1v) is 9.48. The molecule has 1 N–H and O–H groups in total. The van der Waals surface area contributed by atoms with Crippen molar-refractivity contribution < 1.29 is 9.53 Å². The monoisotopic (exact) mass is 448 g/mol. The summed E-state index contributed by atoms with van der Waals surface area (Å²) >= 11 is 9.31. The van der Waals surface area contributed by atoms with Gasteiger partial charge in [-0.25, -0.2) is 9.67 Å². The molecule has 8 heteroatoms. The molecular formula is C19H18BrClN4O2. The van der Waals surface area contributed by atoms with Crippen LogP contribution in [-0.4, -0.2) is 26.8 Å².